The van der Waals surface area contributed by atoms with Crippen molar-refractivity contribution in [1.29, 1.82) is 0 Å². The molecule has 0 saturated carbocycles. The minimum atomic E-state index is -4.60. The smallest absolute Gasteiger partial charge is 0.418 e. The Morgan fingerprint density at radius 1 is 1.23 bits per heavy atom. The summed E-state index contributed by atoms with van der Waals surface area (Å²) < 4.78 is 44.0. The van der Waals surface area contributed by atoms with Gasteiger partial charge in [0.05, 0.1) is 11.3 Å². The van der Waals surface area contributed by atoms with Gasteiger partial charge in [0.25, 0.3) is 5.91 Å². The van der Waals surface area contributed by atoms with Crippen LogP contribution in [0.4, 0.5) is 18.9 Å². The van der Waals surface area contributed by atoms with Gasteiger partial charge in [-0.05, 0) is 49.9 Å². The Morgan fingerprint density at radius 3 is 2.65 bits per heavy atom. The van der Waals surface area contributed by atoms with Gasteiger partial charge in [-0.15, -0.1) is 11.3 Å². The Hall–Kier alpha value is -2.35. The first-order valence-corrected chi connectivity index (χ1v) is 8.87. The van der Waals surface area contributed by atoms with E-state index in [1.807, 2.05) is 0 Å². The molecule has 1 amide bonds. The lowest BCUT2D eigenvalue weighted by Gasteiger charge is -2.16. The number of amides is 1. The first-order valence-electron chi connectivity index (χ1n) is 8.05. The van der Waals surface area contributed by atoms with E-state index in [1.54, 1.807) is 6.07 Å². The number of hydrogen-bond acceptors (Lipinski definition) is 4. The summed E-state index contributed by atoms with van der Waals surface area (Å²) in [4.78, 5) is 25.9. The normalized spacial score (nSPS) is 14.6. The lowest BCUT2D eigenvalue weighted by molar-refractivity contribution is -0.137. The van der Waals surface area contributed by atoms with Crippen molar-refractivity contribution >= 4 is 28.9 Å². The molecule has 2 aromatic rings. The third kappa shape index (κ3) is 3.90. The molecule has 1 aromatic heterocycles. The molecule has 8 heteroatoms. The van der Waals surface area contributed by atoms with E-state index < -0.39 is 29.7 Å². The van der Waals surface area contributed by atoms with E-state index in [0.717, 1.165) is 41.8 Å². The van der Waals surface area contributed by atoms with Crippen molar-refractivity contribution in [3.05, 3.63) is 51.2 Å². The molecule has 0 spiro atoms. The van der Waals surface area contributed by atoms with Crippen molar-refractivity contribution in [2.24, 2.45) is 0 Å². The number of hydrogen-bond donors (Lipinski definition) is 1. The molecule has 1 heterocycles. The van der Waals surface area contributed by atoms with E-state index in [2.05, 4.69) is 5.32 Å². The first kappa shape index (κ1) is 18.4. The summed E-state index contributed by atoms with van der Waals surface area (Å²) in [5.74, 6) is -1.46. The number of carbonyl (C=O) groups is 2. The molecule has 1 aromatic carbocycles. The van der Waals surface area contributed by atoms with E-state index >= 15 is 0 Å². The number of aryl methyl sites for hydroxylation is 2. The predicted molar refractivity (Wildman–Crippen MR) is 91.3 cm³/mol. The summed E-state index contributed by atoms with van der Waals surface area (Å²) in [6, 6.07) is 6.41. The number of rotatable bonds is 4. The number of thiophene rings is 1. The number of alkyl halides is 3. The average molecular weight is 383 g/mol. The molecule has 0 radical (unpaired) electrons. The number of para-hydroxylation sites is 1. The quantitative estimate of drug-likeness (QED) is 0.794. The Kier molecular flexibility index (Phi) is 5.04. The molecule has 1 aliphatic rings. The largest absolute Gasteiger partial charge is 0.448 e. The fourth-order valence-electron chi connectivity index (χ4n) is 2.78. The number of nitrogens with one attached hydrogen (secondary N) is 1. The van der Waals surface area contributed by atoms with Crippen LogP contribution in [0.5, 0.6) is 0 Å². The van der Waals surface area contributed by atoms with Crippen molar-refractivity contribution in [1.82, 2.24) is 0 Å². The molecule has 0 saturated heterocycles. The van der Waals surface area contributed by atoms with Gasteiger partial charge in [-0.25, -0.2) is 4.79 Å². The predicted octanol–water partition coefficient (Wildman–Crippen LogP) is 4.44. The van der Waals surface area contributed by atoms with E-state index in [9.17, 15) is 22.8 Å². The molecule has 4 nitrogen and oxygen atoms in total. The van der Waals surface area contributed by atoms with Crippen LogP contribution in [0.15, 0.2) is 30.3 Å². The highest BCUT2D eigenvalue weighted by Gasteiger charge is 2.34. The summed E-state index contributed by atoms with van der Waals surface area (Å²) in [5.41, 5.74) is -0.206. The van der Waals surface area contributed by atoms with Crippen LogP contribution >= 0.6 is 11.3 Å². The lowest BCUT2D eigenvalue weighted by Crippen LogP contribution is -2.30. The van der Waals surface area contributed by atoms with Gasteiger partial charge in [0.15, 0.2) is 6.10 Å². The highest BCUT2D eigenvalue weighted by molar-refractivity contribution is 7.14. The van der Waals surface area contributed by atoms with Gasteiger partial charge >= 0.3 is 12.1 Å². The third-order valence-electron chi connectivity index (χ3n) is 4.09. The zero-order chi connectivity index (χ0) is 18.9. The van der Waals surface area contributed by atoms with Crippen LogP contribution in [0.1, 0.15) is 39.0 Å². The third-order valence-corrected chi connectivity index (χ3v) is 5.31. The Bertz CT molecular complexity index is 823. The number of halogens is 3. The summed E-state index contributed by atoms with van der Waals surface area (Å²) in [7, 11) is 0. The standard InChI is InChI=1S/C18H16F3NO3S/c1-10(25-17(24)15-9-11-5-4-8-14(11)26-15)16(23)22-13-7-3-2-6-12(13)18(19,20)21/h2-3,6-7,9-10H,4-5,8H2,1H3,(H,22,23)/t10-/m1/s1. The zero-order valence-corrected chi connectivity index (χ0v) is 14.7. The van der Waals surface area contributed by atoms with Crippen LogP contribution in [0.3, 0.4) is 0 Å². The summed E-state index contributed by atoms with van der Waals surface area (Å²) in [6.45, 7) is 1.32. The first-order chi connectivity index (χ1) is 12.3. The van der Waals surface area contributed by atoms with Crippen molar-refractivity contribution < 1.29 is 27.5 Å². The van der Waals surface area contributed by atoms with E-state index in [0.29, 0.717) is 4.88 Å². The molecule has 1 aliphatic carbocycles. The van der Waals surface area contributed by atoms with Crippen LogP contribution in [-0.4, -0.2) is 18.0 Å². The summed E-state index contributed by atoms with van der Waals surface area (Å²) >= 11 is 1.34. The minimum absolute atomic E-state index is 0.372. The maximum absolute atomic E-state index is 13.0. The molecular formula is C18H16F3NO3S. The van der Waals surface area contributed by atoms with E-state index in [4.69, 9.17) is 4.74 Å². The second-order valence-electron chi connectivity index (χ2n) is 5.99. The number of anilines is 1. The van der Waals surface area contributed by atoms with Crippen molar-refractivity contribution in [2.45, 2.75) is 38.5 Å². The van der Waals surface area contributed by atoms with Crippen LogP contribution in [-0.2, 0) is 28.5 Å². The van der Waals surface area contributed by atoms with Crippen LogP contribution < -0.4 is 5.32 Å². The van der Waals surface area contributed by atoms with E-state index in [-0.39, 0.29) is 5.69 Å². The highest BCUT2D eigenvalue weighted by atomic mass is 32.1. The molecule has 1 atom stereocenters. The summed E-state index contributed by atoms with van der Waals surface area (Å²) in [6.07, 6.45) is -2.91. The van der Waals surface area contributed by atoms with Gasteiger partial charge in [0.1, 0.15) is 4.88 Å². The van der Waals surface area contributed by atoms with Gasteiger partial charge < -0.3 is 10.1 Å². The van der Waals surface area contributed by atoms with Gasteiger partial charge in [-0.3, -0.25) is 4.79 Å². The van der Waals surface area contributed by atoms with Gasteiger partial charge in [0, 0.05) is 4.88 Å². The Labute approximate surface area is 152 Å². The number of carbonyl (C=O) groups excluding carboxylic acids is 2. The summed E-state index contributed by atoms with van der Waals surface area (Å²) in [5, 5.41) is 2.18. The second kappa shape index (κ2) is 7.11. The molecule has 3 rings (SSSR count). The Morgan fingerprint density at radius 2 is 1.96 bits per heavy atom. The van der Waals surface area contributed by atoms with Crippen molar-refractivity contribution in [3.63, 3.8) is 0 Å². The number of esters is 1. The second-order valence-corrected chi connectivity index (χ2v) is 7.13. The van der Waals surface area contributed by atoms with Gasteiger partial charge in [-0.1, -0.05) is 12.1 Å². The number of fused-ring (bicyclic) bond motifs is 1. The van der Waals surface area contributed by atoms with Crippen LogP contribution in [0.2, 0.25) is 0 Å². The Balaban J connectivity index is 1.66. The van der Waals surface area contributed by atoms with Gasteiger partial charge in [-0.2, -0.15) is 13.2 Å². The number of benzene rings is 1. The average Bonchev–Trinajstić information content (AvgIpc) is 3.15. The van der Waals surface area contributed by atoms with Crippen LogP contribution in [0, 0.1) is 0 Å². The molecule has 1 N–H and O–H groups in total. The maximum atomic E-state index is 13.0. The maximum Gasteiger partial charge on any atom is 0.418 e. The minimum Gasteiger partial charge on any atom is -0.448 e. The lowest BCUT2D eigenvalue weighted by atomic mass is 10.1. The van der Waals surface area contributed by atoms with E-state index in [1.165, 1.54) is 30.4 Å². The molecule has 0 aliphatic heterocycles. The highest BCUT2D eigenvalue weighted by Crippen LogP contribution is 2.35. The molecular weight excluding hydrogens is 367 g/mol. The topological polar surface area (TPSA) is 55.4 Å². The SMILES string of the molecule is C[C@@H](OC(=O)c1cc2c(s1)CCC2)C(=O)Nc1ccccc1C(F)(F)F. The molecule has 0 unspecified atom stereocenters. The number of ether oxygens (including phenoxy) is 1. The fraction of sp³-hybridized carbons (Fsp3) is 0.333. The van der Waals surface area contributed by atoms with Gasteiger partial charge in [0.2, 0.25) is 0 Å². The molecule has 138 valence electrons. The molecule has 0 fully saturated rings. The molecule has 26 heavy (non-hydrogen) atoms. The molecule has 0 bridgehead atoms. The van der Waals surface area contributed by atoms with Crippen molar-refractivity contribution in [2.75, 3.05) is 5.32 Å². The zero-order valence-electron chi connectivity index (χ0n) is 13.9. The fourth-order valence-corrected chi connectivity index (χ4v) is 3.91. The van der Waals surface area contributed by atoms with Crippen molar-refractivity contribution in [3.8, 4) is 0 Å². The monoisotopic (exact) mass is 383 g/mol. The van der Waals surface area contributed by atoms with Crippen LogP contribution in [0.25, 0.3) is 0 Å².